The van der Waals surface area contributed by atoms with Crippen LogP contribution in [0.4, 0.5) is 0 Å². The van der Waals surface area contributed by atoms with E-state index in [0.717, 1.165) is 24.2 Å². The van der Waals surface area contributed by atoms with E-state index in [9.17, 15) is 4.79 Å². The maximum absolute atomic E-state index is 11.0. The first-order valence-electron chi connectivity index (χ1n) is 4.29. The molecule has 0 aliphatic heterocycles. The van der Waals surface area contributed by atoms with Gasteiger partial charge < -0.3 is 5.32 Å². The van der Waals surface area contributed by atoms with E-state index < -0.39 is 0 Å². The summed E-state index contributed by atoms with van der Waals surface area (Å²) in [6.45, 7) is 1.81. The number of carbonyl (C=O) groups excluding carboxylic acids is 1. The molecule has 0 aromatic carbocycles. The van der Waals surface area contributed by atoms with Crippen molar-refractivity contribution >= 4 is 5.78 Å². The number of ketones is 1. The van der Waals surface area contributed by atoms with Gasteiger partial charge >= 0.3 is 0 Å². The Labute approximate surface area is 77.7 Å². The number of hydrogen-bond donors (Lipinski definition) is 1. The van der Waals surface area contributed by atoms with Gasteiger partial charge in [-0.25, -0.2) is 0 Å². The Morgan fingerprint density at radius 1 is 1.69 bits per heavy atom. The molecule has 68 valence electrons. The number of allylic oxidation sites excluding steroid dienone is 4. The minimum atomic E-state index is 0.165. The van der Waals surface area contributed by atoms with Crippen LogP contribution in [-0.4, -0.2) is 5.78 Å². The molecule has 0 saturated carbocycles. The van der Waals surface area contributed by atoms with E-state index in [4.69, 9.17) is 5.26 Å². The second kappa shape index (κ2) is 4.46. The van der Waals surface area contributed by atoms with Crippen molar-refractivity contribution in [3.05, 3.63) is 23.5 Å². The van der Waals surface area contributed by atoms with Gasteiger partial charge in [0.2, 0.25) is 0 Å². The molecule has 0 fully saturated rings. The van der Waals surface area contributed by atoms with Crippen LogP contribution in [0.1, 0.15) is 26.2 Å². The molecule has 3 heteroatoms. The van der Waals surface area contributed by atoms with Crippen molar-refractivity contribution in [2.75, 3.05) is 0 Å². The zero-order valence-corrected chi connectivity index (χ0v) is 7.63. The van der Waals surface area contributed by atoms with Gasteiger partial charge in [-0.3, -0.25) is 4.79 Å². The number of carbonyl (C=O) groups is 1. The Balaban J connectivity index is 2.59. The van der Waals surface area contributed by atoms with E-state index in [1.165, 1.54) is 6.08 Å². The molecule has 0 radical (unpaired) electrons. The fourth-order valence-corrected chi connectivity index (χ4v) is 1.28. The Hall–Kier alpha value is -1.56. The number of hydrogen-bond acceptors (Lipinski definition) is 3. The van der Waals surface area contributed by atoms with Gasteiger partial charge in [-0.15, -0.1) is 0 Å². The molecule has 1 N–H and O–H groups in total. The molecule has 13 heavy (non-hydrogen) atoms. The van der Waals surface area contributed by atoms with Gasteiger partial charge in [0.1, 0.15) is 0 Å². The Kier molecular flexibility index (Phi) is 3.27. The standard InChI is InChI=1S/C10H12N2O/c1-8(5-6-11)12-9-3-2-4-10(13)7-9/h5,7,12H,2-4H2,1H3/b8-5+. The van der Waals surface area contributed by atoms with E-state index in [0.29, 0.717) is 6.42 Å². The molecule has 0 saturated heterocycles. The molecular weight excluding hydrogens is 164 g/mol. The second-order valence-corrected chi connectivity index (χ2v) is 3.07. The van der Waals surface area contributed by atoms with Crippen LogP contribution >= 0.6 is 0 Å². The molecule has 3 nitrogen and oxygen atoms in total. The SMILES string of the molecule is C/C(=C\C#N)NC1=CC(=O)CCC1. The highest BCUT2D eigenvalue weighted by Gasteiger charge is 2.09. The van der Waals surface area contributed by atoms with E-state index in [2.05, 4.69) is 5.32 Å². The lowest BCUT2D eigenvalue weighted by Gasteiger charge is -2.13. The molecule has 0 aromatic heterocycles. The Bertz CT molecular complexity index is 307. The zero-order valence-electron chi connectivity index (χ0n) is 7.63. The number of nitrogens with zero attached hydrogens (tertiary/aromatic N) is 1. The third-order valence-corrected chi connectivity index (χ3v) is 1.84. The third kappa shape index (κ3) is 3.12. The van der Waals surface area contributed by atoms with E-state index in [1.54, 1.807) is 6.08 Å². The molecule has 0 unspecified atom stereocenters. The molecule has 0 heterocycles. The van der Waals surface area contributed by atoms with Crippen molar-refractivity contribution in [3.63, 3.8) is 0 Å². The smallest absolute Gasteiger partial charge is 0.157 e. The second-order valence-electron chi connectivity index (χ2n) is 3.07. The summed E-state index contributed by atoms with van der Waals surface area (Å²) >= 11 is 0. The third-order valence-electron chi connectivity index (χ3n) is 1.84. The van der Waals surface area contributed by atoms with Gasteiger partial charge in [-0.2, -0.15) is 5.26 Å². The molecule has 0 atom stereocenters. The van der Waals surface area contributed by atoms with Crippen molar-refractivity contribution in [1.82, 2.24) is 5.32 Å². The maximum atomic E-state index is 11.0. The summed E-state index contributed by atoms with van der Waals surface area (Å²) in [5.74, 6) is 0.165. The fraction of sp³-hybridized carbons (Fsp3) is 0.400. The normalized spacial score (nSPS) is 17.7. The minimum Gasteiger partial charge on any atom is -0.362 e. The van der Waals surface area contributed by atoms with Crippen molar-refractivity contribution in [2.24, 2.45) is 0 Å². The summed E-state index contributed by atoms with van der Waals surface area (Å²) in [6, 6.07) is 1.93. The van der Waals surface area contributed by atoms with Crippen molar-refractivity contribution < 1.29 is 4.79 Å². The maximum Gasteiger partial charge on any atom is 0.157 e. The first-order valence-corrected chi connectivity index (χ1v) is 4.29. The first kappa shape index (κ1) is 9.53. The van der Waals surface area contributed by atoms with Crippen molar-refractivity contribution in [2.45, 2.75) is 26.2 Å². The molecule has 1 aliphatic rings. The van der Waals surface area contributed by atoms with Crippen LogP contribution in [0.2, 0.25) is 0 Å². The highest BCUT2D eigenvalue weighted by atomic mass is 16.1. The lowest BCUT2D eigenvalue weighted by molar-refractivity contribution is -0.115. The van der Waals surface area contributed by atoms with Gasteiger partial charge in [0, 0.05) is 30.0 Å². The molecule has 0 spiro atoms. The summed E-state index contributed by atoms with van der Waals surface area (Å²) < 4.78 is 0. The summed E-state index contributed by atoms with van der Waals surface area (Å²) in [6.07, 6.45) is 5.49. The molecule has 1 rings (SSSR count). The highest BCUT2D eigenvalue weighted by Crippen LogP contribution is 2.13. The van der Waals surface area contributed by atoms with Gasteiger partial charge in [0.15, 0.2) is 5.78 Å². The van der Waals surface area contributed by atoms with Gasteiger partial charge in [0.05, 0.1) is 6.07 Å². The predicted molar refractivity (Wildman–Crippen MR) is 49.4 cm³/mol. The topological polar surface area (TPSA) is 52.9 Å². The average Bonchev–Trinajstić information content (AvgIpc) is 2.04. The largest absolute Gasteiger partial charge is 0.362 e. The Morgan fingerprint density at radius 3 is 3.08 bits per heavy atom. The van der Waals surface area contributed by atoms with Crippen molar-refractivity contribution in [3.8, 4) is 6.07 Å². The lowest BCUT2D eigenvalue weighted by Crippen LogP contribution is -2.15. The summed E-state index contributed by atoms with van der Waals surface area (Å²) in [5.41, 5.74) is 1.70. The van der Waals surface area contributed by atoms with E-state index in [1.807, 2.05) is 13.0 Å². The number of rotatable bonds is 2. The summed E-state index contributed by atoms with van der Waals surface area (Å²) in [7, 11) is 0. The van der Waals surface area contributed by atoms with Crippen LogP contribution in [0.5, 0.6) is 0 Å². The lowest BCUT2D eigenvalue weighted by atomic mass is 10.0. The molecule has 0 bridgehead atoms. The van der Waals surface area contributed by atoms with E-state index in [-0.39, 0.29) is 5.78 Å². The molecular formula is C10H12N2O. The summed E-state index contributed by atoms with van der Waals surface area (Å²) in [5, 5.41) is 11.4. The molecule has 0 aromatic rings. The predicted octanol–water partition coefficient (Wildman–Crippen LogP) is 1.64. The van der Waals surface area contributed by atoms with Crippen LogP contribution in [0.25, 0.3) is 0 Å². The van der Waals surface area contributed by atoms with Gasteiger partial charge in [0.25, 0.3) is 0 Å². The summed E-state index contributed by atoms with van der Waals surface area (Å²) in [4.78, 5) is 11.0. The highest BCUT2D eigenvalue weighted by molar-refractivity contribution is 5.91. The van der Waals surface area contributed by atoms with Gasteiger partial charge in [-0.1, -0.05) is 0 Å². The van der Waals surface area contributed by atoms with Crippen LogP contribution < -0.4 is 5.32 Å². The fourth-order valence-electron chi connectivity index (χ4n) is 1.28. The first-order chi connectivity index (χ1) is 6.22. The van der Waals surface area contributed by atoms with Crippen LogP contribution in [0.3, 0.4) is 0 Å². The average molecular weight is 176 g/mol. The van der Waals surface area contributed by atoms with Gasteiger partial charge in [-0.05, 0) is 19.8 Å². The molecule has 0 amide bonds. The van der Waals surface area contributed by atoms with Crippen molar-refractivity contribution in [1.29, 1.82) is 5.26 Å². The number of nitriles is 1. The van der Waals surface area contributed by atoms with E-state index >= 15 is 0 Å². The number of nitrogens with one attached hydrogen (secondary N) is 1. The van der Waals surface area contributed by atoms with Crippen LogP contribution in [0.15, 0.2) is 23.5 Å². The van der Waals surface area contributed by atoms with Crippen LogP contribution in [0, 0.1) is 11.3 Å². The minimum absolute atomic E-state index is 0.165. The molecule has 1 aliphatic carbocycles. The monoisotopic (exact) mass is 176 g/mol. The Morgan fingerprint density at radius 2 is 2.46 bits per heavy atom. The van der Waals surface area contributed by atoms with Crippen LogP contribution in [-0.2, 0) is 4.79 Å². The quantitative estimate of drug-likeness (QED) is 0.651. The zero-order chi connectivity index (χ0) is 9.68.